The molecule has 1 aliphatic heterocycles. The molecule has 0 aromatic heterocycles. The maximum absolute atomic E-state index is 5.80. The van der Waals surface area contributed by atoms with Crippen LogP contribution < -0.4 is 5.32 Å². The third kappa shape index (κ3) is 2.36. The maximum atomic E-state index is 5.80. The molecule has 0 radical (unpaired) electrons. The summed E-state index contributed by atoms with van der Waals surface area (Å²) in [6, 6.07) is 6.87. The Bertz CT molecular complexity index is 601. The molecule has 0 spiro atoms. The third-order valence-electron chi connectivity index (χ3n) is 4.07. The molecule has 20 heavy (non-hydrogen) atoms. The third-order valence-corrected chi connectivity index (χ3v) is 4.07. The van der Waals surface area contributed by atoms with Gasteiger partial charge in [0.25, 0.3) is 6.02 Å². The summed E-state index contributed by atoms with van der Waals surface area (Å²) in [6.45, 7) is 4.86. The molecule has 0 unspecified atom stereocenters. The molecule has 0 fully saturated rings. The van der Waals surface area contributed by atoms with Gasteiger partial charge in [0.1, 0.15) is 6.61 Å². The summed E-state index contributed by atoms with van der Waals surface area (Å²) in [5.41, 5.74) is 3.41. The van der Waals surface area contributed by atoms with E-state index in [1.54, 1.807) is 0 Å². The van der Waals surface area contributed by atoms with Crippen LogP contribution in [0, 0.1) is 6.92 Å². The Balaban J connectivity index is 1.88. The number of nitrogens with one attached hydrogen (secondary N) is 1. The predicted octanol–water partition coefficient (Wildman–Crippen LogP) is 3.96. The van der Waals surface area contributed by atoms with Gasteiger partial charge >= 0.3 is 0 Å². The van der Waals surface area contributed by atoms with Gasteiger partial charge in [-0.25, -0.2) is 4.99 Å². The minimum absolute atomic E-state index is 0.168. The number of hydrogen-bond acceptors (Lipinski definition) is 2. The molecule has 0 amide bonds. The summed E-state index contributed by atoms with van der Waals surface area (Å²) in [6.07, 6.45) is 10.4. The maximum Gasteiger partial charge on any atom is 0.290 e. The van der Waals surface area contributed by atoms with Crippen molar-refractivity contribution >= 4 is 11.7 Å². The molecule has 0 saturated heterocycles. The normalized spacial score (nSPS) is 26.0. The molecule has 3 heteroatoms. The Hall–Kier alpha value is -2.03. The number of hydrogen-bond donors (Lipinski definition) is 1. The topological polar surface area (TPSA) is 33.6 Å². The van der Waals surface area contributed by atoms with Gasteiger partial charge in [0, 0.05) is 11.3 Å². The molecule has 1 aliphatic carbocycles. The van der Waals surface area contributed by atoms with Crippen LogP contribution >= 0.6 is 0 Å². The van der Waals surface area contributed by atoms with Gasteiger partial charge in [-0.3, -0.25) is 0 Å². The summed E-state index contributed by atoms with van der Waals surface area (Å²) in [7, 11) is 0. The molecule has 3 rings (SSSR count). The number of fused-ring (bicyclic) bond motifs is 1. The van der Waals surface area contributed by atoms with Crippen molar-refractivity contribution < 1.29 is 4.74 Å². The van der Waals surface area contributed by atoms with E-state index in [0.29, 0.717) is 12.6 Å². The summed E-state index contributed by atoms with van der Waals surface area (Å²) in [5, 5.41) is 3.31. The number of aryl methyl sites for hydroxylation is 1. The number of allylic oxidation sites excluding steroid dienone is 2. The second kappa shape index (κ2) is 5.16. The average Bonchev–Trinajstić information content (AvgIpc) is 2.48. The summed E-state index contributed by atoms with van der Waals surface area (Å²) in [5.74, 6) is 0. The quantitative estimate of drug-likeness (QED) is 0.881. The molecule has 1 aromatic rings. The van der Waals surface area contributed by atoms with E-state index < -0.39 is 0 Å². The van der Waals surface area contributed by atoms with Crippen molar-refractivity contribution in [3.05, 3.63) is 53.6 Å². The molecule has 1 heterocycles. The van der Waals surface area contributed by atoms with Gasteiger partial charge in [-0.1, -0.05) is 43.4 Å². The number of amidine groups is 1. The van der Waals surface area contributed by atoms with E-state index in [1.165, 1.54) is 11.1 Å². The largest absolute Gasteiger partial charge is 0.460 e. The molecule has 1 aromatic carbocycles. The van der Waals surface area contributed by atoms with Crippen LogP contribution in [0.2, 0.25) is 0 Å². The first-order valence-corrected chi connectivity index (χ1v) is 7.15. The van der Waals surface area contributed by atoms with Crippen molar-refractivity contribution in [1.29, 1.82) is 0 Å². The van der Waals surface area contributed by atoms with Gasteiger partial charge in [0.05, 0.1) is 5.54 Å². The van der Waals surface area contributed by atoms with E-state index in [-0.39, 0.29) is 5.54 Å². The van der Waals surface area contributed by atoms with E-state index in [1.807, 2.05) is 0 Å². The van der Waals surface area contributed by atoms with Crippen molar-refractivity contribution in [2.75, 3.05) is 5.32 Å². The van der Waals surface area contributed by atoms with Crippen LogP contribution in [-0.2, 0) is 11.3 Å². The second-order valence-electron chi connectivity index (χ2n) is 5.38. The zero-order valence-electron chi connectivity index (χ0n) is 12.0. The molecule has 104 valence electrons. The highest BCUT2D eigenvalue weighted by molar-refractivity contribution is 5.92. The van der Waals surface area contributed by atoms with E-state index in [0.717, 1.165) is 18.5 Å². The minimum atomic E-state index is -0.168. The first-order chi connectivity index (χ1) is 9.72. The fourth-order valence-corrected chi connectivity index (χ4v) is 2.64. The predicted molar refractivity (Wildman–Crippen MR) is 82.9 cm³/mol. The van der Waals surface area contributed by atoms with E-state index >= 15 is 0 Å². The lowest BCUT2D eigenvalue weighted by atomic mass is 9.89. The van der Waals surface area contributed by atoms with E-state index in [9.17, 15) is 0 Å². The zero-order chi connectivity index (χ0) is 14.0. The Morgan fingerprint density at radius 2 is 2.25 bits per heavy atom. The summed E-state index contributed by atoms with van der Waals surface area (Å²) in [4.78, 5) is 4.82. The first-order valence-electron chi connectivity index (χ1n) is 7.15. The number of rotatable bonds is 2. The highest BCUT2D eigenvalue weighted by Gasteiger charge is 2.27. The van der Waals surface area contributed by atoms with Crippen molar-refractivity contribution in [1.82, 2.24) is 0 Å². The first kappa shape index (κ1) is 13.0. The SMILES string of the molecule is CC[C@@]1(N=C2Nc3cccc(C)c3CO2)C=CC=CC1. The van der Waals surface area contributed by atoms with Crippen LogP contribution in [0.5, 0.6) is 0 Å². The Labute approximate surface area is 120 Å². The van der Waals surface area contributed by atoms with E-state index in [4.69, 9.17) is 9.73 Å². The molecule has 1 N–H and O–H groups in total. The smallest absolute Gasteiger partial charge is 0.290 e. The summed E-state index contributed by atoms with van der Waals surface area (Å²) < 4.78 is 5.80. The summed E-state index contributed by atoms with van der Waals surface area (Å²) >= 11 is 0. The minimum Gasteiger partial charge on any atom is -0.460 e. The zero-order valence-corrected chi connectivity index (χ0v) is 12.0. The Morgan fingerprint density at radius 1 is 1.35 bits per heavy atom. The van der Waals surface area contributed by atoms with Gasteiger partial charge in [0.15, 0.2) is 0 Å². The number of aliphatic imine (C=N–C) groups is 1. The lowest BCUT2D eigenvalue weighted by Gasteiger charge is -2.29. The fraction of sp³-hybridized carbons (Fsp3) is 0.353. The van der Waals surface area contributed by atoms with Crippen LogP contribution in [0.3, 0.4) is 0 Å². The van der Waals surface area contributed by atoms with Crippen LogP contribution in [0.25, 0.3) is 0 Å². The molecule has 0 saturated carbocycles. The fourth-order valence-electron chi connectivity index (χ4n) is 2.64. The van der Waals surface area contributed by atoms with Crippen LogP contribution in [0.15, 0.2) is 47.5 Å². The van der Waals surface area contributed by atoms with Crippen LogP contribution in [-0.4, -0.2) is 11.6 Å². The Morgan fingerprint density at radius 3 is 3.00 bits per heavy atom. The van der Waals surface area contributed by atoms with Crippen LogP contribution in [0.4, 0.5) is 5.69 Å². The molecule has 2 aliphatic rings. The average molecular weight is 268 g/mol. The van der Waals surface area contributed by atoms with Crippen molar-refractivity contribution in [2.24, 2.45) is 4.99 Å². The molecular weight excluding hydrogens is 248 g/mol. The number of nitrogens with zero attached hydrogens (tertiary/aromatic N) is 1. The van der Waals surface area contributed by atoms with Gasteiger partial charge in [-0.15, -0.1) is 0 Å². The van der Waals surface area contributed by atoms with Gasteiger partial charge in [-0.05, 0) is 31.4 Å². The lowest BCUT2D eigenvalue weighted by molar-refractivity contribution is 0.278. The van der Waals surface area contributed by atoms with E-state index in [2.05, 4.69) is 61.7 Å². The van der Waals surface area contributed by atoms with Gasteiger partial charge in [0.2, 0.25) is 0 Å². The standard InChI is InChI=1S/C17H20N2O/c1-3-17(10-5-4-6-11-17)19-16-18-15-9-7-8-13(2)14(15)12-20-16/h4-10H,3,11-12H2,1-2H3,(H,18,19)/t17-/m1/s1. The molecule has 3 nitrogen and oxygen atoms in total. The highest BCUT2D eigenvalue weighted by Crippen LogP contribution is 2.29. The van der Waals surface area contributed by atoms with Gasteiger partial charge < -0.3 is 10.1 Å². The van der Waals surface area contributed by atoms with Gasteiger partial charge in [-0.2, -0.15) is 0 Å². The lowest BCUT2D eigenvalue weighted by Crippen LogP contribution is -2.31. The number of benzene rings is 1. The molecule has 0 bridgehead atoms. The Kier molecular flexibility index (Phi) is 3.35. The molecular formula is C17H20N2O. The van der Waals surface area contributed by atoms with Crippen LogP contribution in [0.1, 0.15) is 30.9 Å². The van der Waals surface area contributed by atoms with Crippen molar-refractivity contribution in [3.8, 4) is 0 Å². The number of ether oxygens (including phenoxy) is 1. The number of anilines is 1. The molecule has 1 atom stereocenters. The van der Waals surface area contributed by atoms with Crippen molar-refractivity contribution in [2.45, 2.75) is 38.8 Å². The highest BCUT2D eigenvalue weighted by atomic mass is 16.5. The van der Waals surface area contributed by atoms with Crippen molar-refractivity contribution in [3.63, 3.8) is 0 Å². The monoisotopic (exact) mass is 268 g/mol. The second-order valence-corrected chi connectivity index (χ2v) is 5.38.